The van der Waals surface area contributed by atoms with Gasteiger partial charge in [-0.1, -0.05) is 0 Å². The smallest absolute Gasteiger partial charge is 0.252 e. The Balaban J connectivity index is 1.35. The van der Waals surface area contributed by atoms with Crippen molar-refractivity contribution in [2.24, 2.45) is 5.73 Å². The number of aromatic nitrogens is 1. The van der Waals surface area contributed by atoms with Crippen molar-refractivity contribution >= 4 is 11.8 Å². The average molecular weight is 428 g/mol. The predicted molar refractivity (Wildman–Crippen MR) is 111 cm³/mol. The molecule has 1 aliphatic heterocycles. The Morgan fingerprint density at radius 1 is 1.26 bits per heavy atom. The van der Waals surface area contributed by atoms with Gasteiger partial charge in [0.15, 0.2) is 11.6 Å². The highest BCUT2D eigenvalue weighted by atomic mass is 19.2. The molecule has 3 unspecified atom stereocenters. The zero-order valence-electron chi connectivity index (χ0n) is 17.2. The van der Waals surface area contributed by atoms with Gasteiger partial charge < -0.3 is 16.0 Å². The molecule has 1 fully saturated rings. The lowest BCUT2D eigenvalue weighted by atomic mass is 9.91. The number of amides is 2. The normalized spacial score (nSPS) is 21.1. The Kier molecular flexibility index (Phi) is 6.27. The van der Waals surface area contributed by atoms with Crippen molar-refractivity contribution in [3.8, 4) is 0 Å². The van der Waals surface area contributed by atoms with Gasteiger partial charge in [0.25, 0.3) is 5.91 Å². The molecule has 0 saturated carbocycles. The zero-order valence-corrected chi connectivity index (χ0v) is 17.2. The summed E-state index contributed by atoms with van der Waals surface area (Å²) in [6, 6.07) is 5.29. The lowest BCUT2D eigenvalue weighted by molar-refractivity contribution is -0.132. The molecule has 3 atom stereocenters. The molecule has 2 aromatic rings. The minimum absolute atomic E-state index is 0.0679. The van der Waals surface area contributed by atoms with Crippen molar-refractivity contribution in [2.45, 2.75) is 50.1 Å². The minimum atomic E-state index is -0.881. The molecule has 0 radical (unpaired) electrons. The largest absolute Gasteiger partial charge is 0.350 e. The van der Waals surface area contributed by atoms with Crippen LogP contribution in [0.5, 0.6) is 0 Å². The van der Waals surface area contributed by atoms with E-state index < -0.39 is 17.7 Å². The van der Waals surface area contributed by atoms with Crippen molar-refractivity contribution in [2.75, 3.05) is 13.1 Å². The van der Waals surface area contributed by atoms with E-state index in [0.29, 0.717) is 37.1 Å². The van der Waals surface area contributed by atoms with E-state index in [2.05, 4.69) is 10.3 Å². The van der Waals surface area contributed by atoms with Crippen LogP contribution in [0.3, 0.4) is 0 Å². The van der Waals surface area contributed by atoms with Crippen molar-refractivity contribution in [1.82, 2.24) is 15.2 Å². The van der Waals surface area contributed by atoms with Gasteiger partial charge in [-0.3, -0.25) is 14.6 Å². The lowest BCUT2D eigenvalue weighted by Crippen LogP contribution is -2.45. The number of likely N-dealkylation sites (tertiary alicyclic amines) is 1. The van der Waals surface area contributed by atoms with Crippen LogP contribution in [0.2, 0.25) is 0 Å². The maximum Gasteiger partial charge on any atom is 0.252 e. The van der Waals surface area contributed by atoms with Crippen molar-refractivity contribution in [1.29, 1.82) is 0 Å². The quantitative estimate of drug-likeness (QED) is 0.740. The van der Waals surface area contributed by atoms with Gasteiger partial charge in [-0.05, 0) is 61.1 Å². The number of nitrogens with two attached hydrogens (primary N) is 1. The van der Waals surface area contributed by atoms with Crippen LogP contribution in [0, 0.1) is 11.6 Å². The average Bonchev–Trinajstić information content (AvgIpc) is 3.40. The number of aryl methyl sites for hydroxylation is 1. The summed E-state index contributed by atoms with van der Waals surface area (Å²) in [5.74, 6) is -2.19. The molecule has 2 aliphatic rings. The van der Waals surface area contributed by atoms with Gasteiger partial charge in [0.2, 0.25) is 5.91 Å². The van der Waals surface area contributed by atoms with Crippen LogP contribution in [0.15, 0.2) is 36.7 Å². The second-order valence-electron chi connectivity index (χ2n) is 8.31. The predicted octanol–water partition coefficient (Wildman–Crippen LogP) is 2.53. The number of pyridine rings is 1. The number of halogens is 2. The SMILES string of the molecule is NC(CC(=O)N1CCCC1CNC(=O)c1cccnc1)C1CCc2cc(F)c(F)cc21. The maximum absolute atomic E-state index is 13.7. The van der Waals surface area contributed by atoms with Gasteiger partial charge in [-0.25, -0.2) is 8.78 Å². The number of carbonyl (C=O) groups is 2. The maximum atomic E-state index is 13.7. The first-order chi connectivity index (χ1) is 14.9. The van der Waals surface area contributed by atoms with Gasteiger partial charge >= 0.3 is 0 Å². The van der Waals surface area contributed by atoms with E-state index in [9.17, 15) is 18.4 Å². The highest BCUT2D eigenvalue weighted by Gasteiger charge is 2.34. The Bertz CT molecular complexity index is 970. The second kappa shape index (κ2) is 9.09. The van der Waals surface area contributed by atoms with Gasteiger partial charge in [-0.2, -0.15) is 0 Å². The molecule has 164 valence electrons. The summed E-state index contributed by atoms with van der Waals surface area (Å²) in [6.45, 7) is 0.992. The number of benzene rings is 1. The van der Waals surface area contributed by atoms with Crippen molar-refractivity contribution in [3.63, 3.8) is 0 Å². The molecule has 1 aliphatic carbocycles. The number of rotatable bonds is 6. The van der Waals surface area contributed by atoms with Crippen LogP contribution in [-0.2, 0) is 11.2 Å². The van der Waals surface area contributed by atoms with Crippen molar-refractivity contribution in [3.05, 3.63) is 65.0 Å². The zero-order chi connectivity index (χ0) is 22.0. The molecule has 2 heterocycles. The summed E-state index contributed by atoms with van der Waals surface area (Å²) < 4.78 is 27.2. The van der Waals surface area contributed by atoms with E-state index in [-0.39, 0.29) is 30.2 Å². The fraction of sp³-hybridized carbons (Fsp3) is 0.435. The molecule has 0 bridgehead atoms. The topological polar surface area (TPSA) is 88.3 Å². The molecular formula is C23H26F2N4O2. The molecule has 3 N–H and O–H groups in total. The Hall–Kier alpha value is -2.87. The fourth-order valence-electron chi connectivity index (χ4n) is 4.72. The summed E-state index contributed by atoms with van der Waals surface area (Å²) in [5.41, 5.74) is 8.31. The summed E-state index contributed by atoms with van der Waals surface area (Å²) >= 11 is 0. The summed E-state index contributed by atoms with van der Waals surface area (Å²) in [6.07, 6.45) is 6.22. The molecule has 31 heavy (non-hydrogen) atoms. The lowest BCUT2D eigenvalue weighted by Gasteiger charge is -2.28. The molecule has 1 aromatic heterocycles. The molecule has 1 saturated heterocycles. The number of nitrogens with one attached hydrogen (secondary N) is 1. The van der Waals surface area contributed by atoms with Crippen LogP contribution in [0.4, 0.5) is 8.78 Å². The number of hydrogen-bond acceptors (Lipinski definition) is 4. The van der Waals surface area contributed by atoms with Crippen LogP contribution in [0.25, 0.3) is 0 Å². The van der Waals surface area contributed by atoms with Crippen LogP contribution in [0.1, 0.15) is 53.1 Å². The third kappa shape index (κ3) is 4.58. The third-order valence-corrected chi connectivity index (χ3v) is 6.35. The molecular weight excluding hydrogens is 402 g/mol. The molecule has 6 nitrogen and oxygen atoms in total. The summed E-state index contributed by atoms with van der Waals surface area (Å²) in [4.78, 5) is 30.9. The Labute approximate surface area is 179 Å². The highest BCUT2D eigenvalue weighted by molar-refractivity contribution is 5.93. The molecule has 2 amide bonds. The number of nitrogens with zero attached hydrogens (tertiary/aromatic N) is 2. The van der Waals surface area contributed by atoms with E-state index in [1.54, 1.807) is 23.2 Å². The Morgan fingerprint density at radius 2 is 2.06 bits per heavy atom. The summed E-state index contributed by atoms with van der Waals surface area (Å²) in [7, 11) is 0. The van der Waals surface area contributed by atoms with Crippen LogP contribution in [-0.4, -0.2) is 46.9 Å². The molecule has 1 aromatic carbocycles. The number of hydrogen-bond donors (Lipinski definition) is 2. The van der Waals surface area contributed by atoms with E-state index in [0.717, 1.165) is 18.4 Å². The van der Waals surface area contributed by atoms with Crippen LogP contribution >= 0.6 is 0 Å². The van der Waals surface area contributed by atoms with Crippen molar-refractivity contribution < 1.29 is 18.4 Å². The van der Waals surface area contributed by atoms with E-state index in [4.69, 9.17) is 5.73 Å². The third-order valence-electron chi connectivity index (χ3n) is 6.35. The fourth-order valence-corrected chi connectivity index (χ4v) is 4.72. The van der Waals surface area contributed by atoms with Crippen LogP contribution < -0.4 is 11.1 Å². The van der Waals surface area contributed by atoms with Gasteiger partial charge in [0.05, 0.1) is 5.56 Å². The van der Waals surface area contributed by atoms with Gasteiger partial charge in [-0.15, -0.1) is 0 Å². The number of carbonyl (C=O) groups excluding carboxylic acids is 2. The van der Waals surface area contributed by atoms with E-state index in [1.165, 1.54) is 18.3 Å². The summed E-state index contributed by atoms with van der Waals surface area (Å²) in [5, 5.41) is 2.88. The standard InChI is InChI=1S/C23H26F2N4O2/c24-19-9-14-5-6-17(18(14)10-20(19)25)21(26)11-22(30)29-8-2-4-16(29)13-28-23(31)15-3-1-7-27-12-15/h1,3,7,9-10,12,16-17,21H,2,4-6,8,11,13,26H2,(H,28,31). The first-order valence-electron chi connectivity index (χ1n) is 10.6. The Morgan fingerprint density at radius 3 is 2.84 bits per heavy atom. The molecule has 8 heteroatoms. The van der Waals surface area contributed by atoms with E-state index in [1.807, 2.05) is 0 Å². The van der Waals surface area contributed by atoms with Gasteiger partial charge in [0, 0.05) is 49.9 Å². The minimum Gasteiger partial charge on any atom is -0.350 e. The van der Waals surface area contributed by atoms with Gasteiger partial charge in [0.1, 0.15) is 0 Å². The first-order valence-corrected chi connectivity index (χ1v) is 10.6. The van der Waals surface area contributed by atoms with E-state index >= 15 is 0 Å². The first kappa shape index (κ1) is 21.4. The molecule has 0 spiro atoms. The molecule has 4 rings (SSSR count). The monoisotopic (exact) mass is 428 g/mol. The number of fused-ring (bicyclic) bond motifs is 1. The highest BCUT2D eigenvalue weighted by Crippen LogP contribution is 2.37. The second-order valence-corrected chi connectivity index (χ2v) is 8.31.